The van der Waals surface area contributed by atoms with Gasteiger partial charge >= 0.3 is 5.69 Å². The average molecular weight is 276 g/mol. The lowest BCUT2D eigenvalue weighted by Gasteiger charge is -2.21. The molecule has 2 rings (SSSR count). The van der Waals surface area contributed by atoms with Crippen LogP contribution in [-0.4, -0.2) is 38.7 Å². The molecule has 1 saturated heterocycles. The van der Waals surface area contributed by atoms with Crippen molar-refractivity contribution >= 4 is 11.8 Å². The van der Waals surface area contributed by atoms with E-state index in [0.717, 1.165) is 10.8 Å². The normalized spacial score (nSPS) is 27.6. The Bertz CT molecular complexity index is 543. The van der Waals surface area contributed by atoms with Gasteiger partial charge in [0.25, 0.3) is 5.56 Å². The fourth-order valence-corrected chi connectivity index (χ4v) is 3.74. The molecule has 3 N–H and O–H groups in total. The number of thioether (sulfide) groups is 1. The minimum Gasteiger partial charge on any atom is -0.396 e. The van der Waals surface area contributed by atoms with E-state index in [1.165, 1.54) is 11.8 Å². The largest absolute Gasteiger partial charge is 0.396 e. The number of rotatable bonds is 3. The molecule has 0 saturated carbocycles. The molecule has 0 aromatic carbocycles. The van der Waals surface area contributed by atoms with Crippen LogP contribution in [0.15, 0.2) is 15.8 Å². The van der Waals surface area contributed by atoms with E-state index in [2.05, 4.69) is 0 Å². The van der Waals surface area contributed by atoms with Gasteiger partial charge in [-0.3, -0.25) is 14.3 Å². The van der Waals surface area contributed by atoms with Crippen LogP contribution in [0.1, 0.15) is 5.37 Å². The monoisotopic (exact) mass is 276 g/mol. The number of H-pyrrole nitrogens is 1. The second kappa shape index (κ2) is 5.25. The number of hydrogen-bond acceptors (Lipinski definition) is 5. The van der Waals surface area contributed by atoms with Crippen LogP contribution in [0.4, 0.5) is 4.39 Å². The van der Waals surface area contributed by atoms with E-state index in [1.807, 2.05) is 4.98 Å². The first kappa shape index (κ1) is 13.3. The summed E-state index contributed by atoms with van der Waals surface area (Å²) >= 11 is 1.34. The van der Waals surface area contributed by atoms with Crippen molar-refractivity contribution in [3.05, 3.63) is 32.9 Å². The number of aromatic amines is 1. The van der Waals surface area contributed by atoms with Crippen molar-refractivity contribution in [2.24, 2.45) is 11.8 Å². The maximum atomic E-state index is 13.2. The lowest BCUT2D eigenvalue weighted by molar-refractivity contribution is 0.126. The summed E-state index contributed by atoms with van der Waals surface area (Å²) in [6, 6.07) is 0. The molecular formula is C10H13FN2O4S. The Morgan fingerprint density at radius 2 is 2.17 bits per heavy atom. The van der Waals surface area contributed by atoms with Gasteiger partial charge in [0.05, 0.1) is 11.6 Å². The first-order valence-electron chi connectivity index (χ1n) is 5.42. The predicted octanol–water partition coefficient (Wildman–Crippen LogP) is -0.862. The Labute approximate surface area is 105 Å². The Morgan fingerprint density at radius 3 is 2.78 bits per heavy atom. The number of aliphatic hydroxyl groups is 2. The molecule has 0 spiro atoms. The minimum absolute atomic E-state index is 0.102. The molecule has 0 bridgehead atoms. The summed E-state index contributed by atoms with van der Waals surface area (Å²) in [7, 11) is 0. The fraction of sp³-hybridized carbons (Fsp3) is 0.600. The smallest absolute Gasteiger partial charge is 0.329 e. The van der Waals surface area contributed by atoms with Crippen molar-refractivity contribution in [2.75, 3.05) is 19.0 Å². The summed E-state index contributed by atoms with van der Waals surface area (Å²) in [6.07, 6.45) is 0.848. The number of hydrogen-bond donors (Lipinski definition) is 3. The molecule has 0 radical (unpaired) electrons. The van der Waals surface area contributed by atoms with E-state index in [-0.39, 0.29) is 25.0 Å². The van der Waals surface area contributed by atoms with Crippen molar-refractivity contribution in [2.45, 2.75) is 5.37 Å². The third-order valence-corrected chi connectivity index (χ3v) is 4.64. The third kappa shape index (κ3) is 2.23. The van der Waals surface area contributed by atoms with Crippen LogP contribution in [-0.2, 0) is 0 Å². The molecule has 1 aromatic rings. The van der Waals surface area contributed by atoms with Gasteiger partial charge in [0.1, 0.15) is 0 Å². The Balaban J connectivity index is 2.40. The van der Waals surface area contributed by atoms with Gasteiger partial charge in [0, 0.05) is 24.9 Å². The lowest BCUT2D eigenvalue weighted by Crippen LogP contribution is -2.36. The van der Waals surface area contributed by atoms with Gasteiger partial charge in [-0.05, 0) is 5.92 Å². The fourth-order valence-electron chi connectivity index (χ4n) is 2.07. The Morgan fingerprint density at radius 1 is 1.44 bits per heavy atom. The highest BCUT2D eigenvalue weighted by atomic mass is 32.2. The quantitative estimate of drug-likeness (QED) is 0.667. The molecule has 3 atom stereocenters. The van der Waals surface area contributed by atoms with Crippen LogP contribution in [0.25, 0.3) is 0 Å². The zero-order valence-corrected chi connectivity index (χ0v) is 10.2. The molecule has 2 heterocycles. The van der Waals surface area contributed by atoms with Crippen molar-refractivity contribution in [3.8, 4) is 0 Å². The molecule has 6 nitrogen and oxygen atoms in total. The van der Waals surface area contributed by atoms with Crippen molar-refractivity contribution in [3.63, 3.8) is 0 Å². The zero-order chi connectivity index (χ0) is 13.3. The SMILES string of the molecule is O=c1[nH]c(=O)n([C@H]2SC[C@@H](CO)[C@@H]2CO)cc1F. The van der Waals surface area contributed by atoms with Crippen molar-refractivity contribution in [1.82, 2.24) is 9.55 Å². The molecule has 18 heavy (non-hydrogen) atoms. The molecule has 8 heteroatoms. The van der Waals surface area contributed by atoms with Gasteiger partial charge in [-0.2, -0.15) is 4.39 Å². The predicted molar refractivity (Wildman–Crippen MR) is 63.9 cm³/mol. The summed E-state index contributed by atoms with van der Waals surface area (Å²) in [4.78, 5) is 24.4. The average Bonchev–Trinajstić information content (AvgIpc) is 2.76. The van der Waals surface area contributed by atoms with Crippen LogP contribution in [0.5, 0.6) is 0 Å². The van der Waals surface area contributed by atoms with Crippen LogP contribution < -0.4 is 11.2 Å². The minimum atomic E-state index is -1.06. The zero-order valence-electron chi connectivity index (χ0n) is 9.38. The van der Waals surface area contributed by atoms with Crippen LogP contribution in [0.2, 0.25) is 0 Å². The molecule has 100 valence electrons. The highest BCUT2D eigenvalue weighted by Gasteiger charge is 2.37. The maximum Gasteiger partial charge on any atom is 0.329 e. The molecule has 1 aliphatic heterocycles. The van der Waals surface area contributed by atoms with Crippen molar-refractivity contribution < 1.29 is 14.6 Å². The highest BCUT2D eigenvalue weighted by Crippen LogP contribution is 2.43. The second-order valence-corrected chi connectivity index (χ2v) is 5.31. The number of aliphatic hydroxyl groups excluding tert-OH is 2. The van der Waals surface area contributed by atoms with E-state index >= 15 is 0 Å². The standard InChI is InChI=1S/C10H13FN2O4S/c11-7-1-13(10(17)12-8(7)16)9-6(3-15)5(2-14)4-18-9/h1,5-6,9,14-15H,2-4H2,(H,12,16,17)/t5-,6+,9+/m1/s1. The first-order chi connectivity index (χ1) is 8.58. The topological polar surface area (TPSA) is 95.3 Å². The van der Waals surface area contributed by atoms with E-state index in [1.54, 1.807) is 0 Å². The van der Waals surface area contributed by atoms with Crippen LogP contribution in [0.3, 0.4) is 0 Å². The molecule has 0 unspecified atom stereocenters. The van der Waals surface area contributed by atoms with E-state index in [0.29, 0.717) is 5.75 Å². The summed E-state index contributed by atoms with van der Waals surface area (Å²) in [5, 5.41) is 18.0. The Hall–Kier alpha value is -1.12. The summed E-state index contributed by atoms with van der Waals surface area (Å²) in [5.74, 6) is -0.964. The maximum absolute atomic E-state index is 13.2. The Kier molecular flexibility index (Phi) is 3.88. The van der Waals surface area contributed by atoms with Gasteiger partial charge in [-0.25, -0.2) is 4.79 Å². The number of nitrogens with one attached hydrogen (secondary N) is 1. The number of aromatic nitrogens is 2. The lowest BCUT2D eigenvalue weighted by atomic mass is 9.95. The summed E-state index contributed by atoms with van der Waals surface area (Å²) < 4.78 is 14.3. The van der Waals surface area contributed by atoms with Crippen LogP contribution >= 0.6 is 11.8 Å². The van der Waals surface area contributed by atoms with E-state index in [4.69, 9.17) is 5.11 Å². The number of nitrogens with zero attached hydrogens (tertiary/aromatic N) is 1. The molecule has 1 aliphatic rings. The van der Waals surface area contributed by atoms with E-state index < -0.39 is 22.4 Å². The van der Waals surface area contributed by atoms with Crippen molar-refractivity contribution in [1.29, 1.82) is 0 Å². The summed E-state index contributed by atoms with van der Waals surface area (Å²) in [6.45, 7) is -0.314. The molecule has 1 fully saturated rings. The molecular weight excluding hydrogens is 263 g/mol. The molecule has 0 aliphatic carbocycles. The van der Waals surface area contributed by atoms with Gasteiger partial charge in [-0.15, -0.1) is 11.8 Å². The molecule has 1 aromatic heterocycles. The number of halogens is 1. The second-order valence-electron chi connectivity index (χ2n) is 4.16. The summed E-state index contributed by atoms with van der Waals surface area (Å²) in [5.41, 5.74) is -1.77. The van der Waals surface area contributed by atoms with Gasteiger partial charge in [0.2, 0.25) is 5.82 Å². The molecule has 0 amide bonds. The van der Waals surface area contributed by atoms with Gasteiger partial charge < -0.3 is 10.2 Å². The van der Waals surface area contributed by atoms with Gasteiger partial charge in [-0.1, -0.05) is 0 Å². The van der Waals surface area contributed by atoms with Crippen LogP contribution in [0, 0.1) is 17.7 Å². The third-order valence-electron chi connectivity index (χ3n) is 3.10. The first-order valence-corrected chi connectivity index (χ1v) is 6.47. The van der Waals surface area contributed by atoms with E-state index in [9.17, 15) is 19.1 Å². The highest BCUT2D eigenvalue weighted by molar-refractivity contribution is 7.99. The van der Waals surface area contributed by atoms with Gasteiger partial charge in [0.15, 0.2) is 0 Å².